The van der Waals surface area contributed by atoms with E-state index in [1.807, 2.05) is 0 Å². The molecule has 0 aromatic heterocycles. The standard InChI is InChI=1S/C12H21N3OS/c1-2-15-7-3-4-9(8-15)14-11(16)12(5-6-12)10(13)17/h9H,2-8H2,1H3,(H2,13,17)(H,14,16). The fraction of sp³-hybridized carbons (Fsp3) is 0.833. The Labute approximate surface area is 108 Å². The first-order valence-electron chi connectivity index (χ1n) is 6.41. The van der Waals surface area contributed by atoms with Crippen molar-refractivity contribution in [1.29, 1.82) is 0 Å². The molecule has 1 heterocycles. The highest BCUT2D eigenvalue weighted by Gasteiger charge is 2.53. The average molecular weight is 255 g/mol. The number of nitrogens with one attached hydrogen (secondary N) is 1. The number of hydrogen-bond acceptors (Lipinski definition) is 3. The highest BCUT2D eigenvalue weighted by Crippen LogP contribution is 2.46. The van der Waals surface area contributed by atoms with Crippen molar-refractivity contribution in [2.45, 2.75) is 38.6 Å². The number of rotatable bonds is 4. The quantitative estimate of drug-likeness (QED) is 0.724. The van der Waals surface area contributed by atoms with E-state index in [0.717, 1.165) is 45.3 Å². The average Bonchev–Trinajstić information content (AvgIpc) is 3.10. The van der Waals surface area contributed by atoms with Crippen LogP contribution in [0.15, 0.2) is 0 Å². The molecule has 96 valence electrons. The van der Waals surface area contributed by atoms with Crippen LogP contribution < -0.4 is 11.1 Å². The Morgan fingerprint density at radius 3 is 2.82 bits per heavy atom. The number of amides is 1. The molecule has 1 unspecified atom stereocenters. The van der Waals surface area contributed by atoms with Gasteiger partial charge < -0.3 is 16.0 Å². The summed E-state index contributed by atoms with van der Waals surface area (Å²) in [5, 5.41) is 3.12. The number of thiocarbonyl (C=S) groups is 1. The van der Waals surface area contributed by atoms with Crippen LogP contribution in [0, 0.1) is 5.41 Å². The van der Waals surface area contributed by atoms with Crippen LogP contribution in [0.25, 0.3) is 0 Å². The van der Waals surface area contributed by atoms with Gasteiger partial charge in [0.15, 0.2) is 0 Å². The summed E-state index contributed by atoms with van der Waals surface area (Å²) < 4.78 is 0. The van der Waals surface area contributed by atoms with E-state index in [-0.39, 0.29) is 11.9 Å². The van der Waals surface area contributed by atoms with Crippen LogP contribution in [0.4, 0.5) is 0 Å². The number of likely N-dealkylation sites (N-methyl/N-ethyl adjacent to an activating group) is 1. The van der Waals surface area contributed by atoms with E-state index < -0.39 is 5.41 Å². The third-order valence-corrected chi connectivity index (χ3v) is 4.33. The number of nitrogens with zero attached hydrogens (tertiary/aromatic N) is 1. The third kappa shape index (κ3) is 2.60. The molecule has 1 atom stereocenters. The SMILES string of the molecule is CCN1CCCC(NC(=O)C2(C(N)=S)CC2)C1. The number of nitrogens with two attached hydrogens (primary N) is 1. The molecule has 5 heteroatoms. The van der Waals surface area contributed by atoms with Crippen LogP contribution in [0.2, 0.25) is 0 Å². The molecule has 2 aliphatic rings. The Morgan fingerprint density at radius 1 is 1.59 bits per heavy atom. The lowest BCUT2D eigenvalue weighted by atomic mass is 10.0. The Balaban J connectivity index is 1.89. The second-order valence-corrected chi connectivity index (χ2v) is 5.59. The summed E-state index contributed by atoms with van der Waals surface area (Å²) in [4.78, 5) is 14.9. The van der Waals surface area contributed by atoms with Gasteiger partial charge in [0, 0.05) is 12.6 Å². The van der Waals surface area contributed by atoms with Gasteiger partial charge in [0.2, 0.25) is 5.91 Å². The van der Waals surface area contributed by atoms with Gasteiger partial charge in [-0.1, -0.05) is 19.1 Å². The molecule has 1 aliphatic carbocycles. The third-order valence-electron chi connectivity index (χ3n) is 3.94. The molecule has 1 saturated heterocycles. The fourth-order valence-electron chi connectivity index (χ4n) is 2.49. The zero-order valence-corrected chi connectivity index (χ0v) is 11.2. The van der Waals surface area contributed by atoms with E-state index in [4.69, 9.17) is 18.0 Å². The van der Waals surface area contributed by atoms with E-state index in [0.29, 0.717) is 4.99 Å². The smallest absolute Gasteiger partial charge is 0.233 e. The van der Waals surface area contributed by atoms with Crippen molar-refractivity contribution in [3.63, 3.8) is 0 Å². The zero-order chi connectivity index (χ0) is 12.5. The molecule has 3 N–H and O–H groups in total. The monoisotopic (exact) mass is 255 g/mol. The highest BCUT2D eigenvalue weighted by molar-refractivity contribution is 7.80. The summed E-state index contributed by atoms with van der Waals surface area (Å²) in [5.74, 6) is 0.0490. The van der Waals surface area contributed by atoms with Crippen molar-refractivity contribution in [1.82, 2.24) is 10.2 Å². The van der Waals surface area contributed by atoms with Crippen LogP contribution in [0.5, 0.6) is 0 Å². The second kappa shape index (κ2) is 4.90. The molecule has 2 fully saturated rings. The van der Waals surface area contributed by atoms with Crippen LogP contribution >= 0.6 is 12.2 Å². The zero-order valence-electron chi connectivity index (χ0n) is 10.4. The summed E-state index contributed by atoms with van der Waals surface area (Å²) >= 11 is 4.99. The predicted molar refractivity (Wildman–Crippen MR) is 71.7 cm³/mol. The predicted octanol–water partition coefficient (Wildman–Crippen LogP) is 0.653. The maximum Gasteiger partial charge on any atom is 0.233 e. The van der Waals surface area contributed by atoms with Gasteiger partial charge in [0.25, 0.3) is 0 Å². The molecule has 1 amide bonds. The lowest BCUT2D eigenvalue weighted by molar-refractivity contribution is -0.125. The Kier molecular flexibility index (Phi) is 3.68. The minimum Gasteiger partial charge on any atom is -0.392 e. The van der Waals surface area contributed by atoms with E-state index in [9.17, 15) is 4.79 Å². The lowest BCUT2D eigenvalue weighted by Gasteiger charge is -2.33. The Morgan fingerprint density at radius 2 is 2.29 bits per heavy atom. The first-order valence-corrected chi connectivity index (χ1v) is 6.82. The normalized spacial score (nSPS) is 27.5. The molecule has 0 aromatic carbocycles. The summed E-state index contributed by atoms with van der Waals surface area (Å²) in [6.07, 6.45) is 3.85. The lowest BCUT2D eigenvalue weighted by Crippen LogP contribution is -2.51. The van der Waals surface area contributed by atoms with Crippen LogP contribution in [-0.4, -0.2) is 41.5 Å². The minimum atomic E-state index is -0.510. The molecule has 2 rings (SSSR count). The number of hydrogen-bond donors (Lipinski definition) is 2. The van der Waals surface area contributed by atoms with E-state index >= 15 is 0 Å². The molecule has 0 spiro atoms. The van der Waals surface area contributed by atoms with Crippen molar-refractivity contribution in [2.24, 2.45) is 11.1 Å². The van der Waals surface area contributed by atoms with Gasteiger partial charge in [-0.05, 0) is 38.8 Å². The number of carbonyl (C=O) groups excluding carboxylic acids is 1. The molecule has 4 nitrogen and oxygen atoms in total. The summed E-state index contributed by atoms with van der Waals surface area (Å²) in [5.41, 5.74) is 5.14. The van der Waals surface area contributed by atoms with Gasteiger partial charge in [0.1, 0.15) is 0 Å². The molecule has 17 heavy (non-hydrogen) atoms. The van der Waals surface area contributed by atoms with E-state index in [1.165, 1.54) is 0 Å². The van der Waals surface area contributed by atoms with Gasteiger partial charge in [-0.3, -0.25) is 4.79 Å². The Hall–Kier alpha value is -0.680. The van der Waals surface area contributed by atoms with E-state index in [2.05, 4.69) is 17.1 Å². The van der Waals surface area contributed by atoms with Gasteiger partial charge in [-0.15, -0.1) is 0 Å². The summed E-state index contributed by atoms with van der Waals surface area (Å²) in [6.45, 7) is 5.30. The van der Waals surface area contributed by atoms with Gasteiger partial charge in [-0.25, -0.2) is 0 Å². The highest BCUT2D eigenvalue weighted by atomic mass is 32.1. The number of carbonyl (C=O) groups is 1. The van der Waals surface area contributed by atoms with Crippen molar-refractivity contribution >= 4 is 23.1 Å². The molecular formula is C12H21N3OS. The summed E-state index contributed by atoms with van der Waals surface area (Å²) in [7, 11) is 0. The fourth-order valence-corrected chi connectivity index (χ4v) is 2.79. The van der Waals surface area contributed by atoms with Gasteiger partial charge >= 0.3 is 0 Å². The van der Waals surface area contributed by atoms with Crippen molar-refractivity contribution in [2.75, 3.05) is 19.6 Å². The topological polar surface area (TPSA) is 58.4 Å². The number of likely N-dealkylation sites (tertiary alicyclic amines) is 1. The van der Waals surface area contributed by atoms with Crippen LogP contribution in [0.3, 0.4) is 0 Å². The molecule has 0 aromatic rings. The van der Waals surface area contributed by atoms with Crippen LogP contribution in [0.1, 0.15) is 32.6 Å². The molecule has 1 aliphatic heterocycles. The van der Waals surface area contributed by atoms with E-state index in [1.54, 1.807) is 0 Å². The van der Waals surface area contributed by atoms with Crippen molar-refractivity contribution < 1.29 is 4.79 Å². The van der Waals surface area contributed by atoms with Crippen LogP contribution in [-0.2, 0) is 4.79 Å². The second-order valence-electron chi connectivity index (χ2n) is 5.15. The minimum absolute atomic E-state index is 0.0490. The largest absolute Gasteiger partial charge is 0.392 e. The maximum absolute atomic E-state index is 12.1. The molecule has 0 bridgehead atoms. The van der Waals surface area contributed by atoms with Crippen molar-refractivity contribution in [3.05, 3.63) is 0 Å². The maximum atomic E-state index is 12.1. The molecule has 1 saturated carbocycles. The van der Waals surface area contributed by atoms with Crippen molar-refractivity contribution in [3.8, 4) is 0 Å². The Bertz CT molecular complexity index is 328. The molecule has 0 radical (unpaired) electrons. The first-order chi connectivity index (χ1) is 8.08. The molecular weight excluding hydrogens is 234 g/mol. The summed E-state index contributed by atoms with van der Waals surface area (Å²) in [6, 6.07) is 0.267. The first kappa shape index (κ1) is 12.8. The number of piperidine rings is 1. The van der Waals surface area contributed by atoms with Gasteiger partial charge in [0.05, 0.1) is 10.4 Å². The van der Waals surface area contributed by atoms with Gasteiger partial charge in [-0.2, -0.15) is 0 Å².